The number of rotatable bonds is 5. The van der Waals surface area contributed by atoms with E-state index in [1.807, 2.05) is 0 Å². The molecule has 32 heavy (non-hydrogen) atoms. The molecule has 3 aromatic carbocycles. The number of nitrogens with zero attached hydrogens (tertiary/aromatic N) is 1. The van der Waals surface area contributed by atoms with Crippen molar-refractivity contribution in [1.82, 2.24) is 0 Å². The summed E-state index contributed by atoms with van der Waals surface area (Å²) >= 11 is 0. The Kier molecular flexibility index (Phi) is 5.44. The predicted molar refractivity (Wildman–Crippen MR) is 114 cm³/mol. The molecule has 0 saturated carbocycles. The molecule has 0 spiro atoms. The van der Waals surface area contributed by atoms with E-state index in [4.69, 9.17) is 4.74 Å². The Hall–Kier alpha value is -4.07. The van der Waals surface area contributed by atoms with E-state index in [1.54, 1.807) is 48.5 Å². The second kappa shape index (κ2) is 8.22. The standard InChI is InChI=1S/C24H17F3N2O3/c1-32-19-12-6-11-18(14-19)29-22(30)20(15-7-3-2-4-8-15)21(23(29)31)28-17-10-5-9-16(13-17)24(25,26)27/h2-14,28H,1H3. The Morgan fingerprint density at radius 3 is 2.25 bits per heavy atom. The molecule has 0 radical (unpaired) electrons. The molecule has 4 rings (SSSR count). The van der Waals surface area contributed by atoms with Gasteiger partial charge in [0.25, 0.3) is 11.8 Å². The molecule has 3 aromatic rings. The minimum atomic E-state index is -4.55. The average molecular weight is 438 g/mol. The molecule has 1 aliphatic rings. The lowest BCUT2D eigenvalue weighted by Crippen LogP contribution is -2.32. The van der Waals surface area contributed by atoms with E-state index in [9.17, 15) is 22.8 Å². The van der Waals surface area contributed by atoms with Crippen LogP contribution in [0.5, 0.6) is 5.75 Å². The summed E-state index contributed by atoms with van der Waals surface area (Å²) < 4.78 is 44.6. The molecular weight excluding hydrogens is 421 g/mol. The highest BCUT2D eigenvalue weighted by molar-refractivity contribution is 6.46. The second-order valence-corrected chi connectivity index (χ2v) is 6.97. The molecule has 0 atom stereocenters. The number of halogens is 3. The number of imide groups is 1. The van der Waals surface area contributed by atoms with E-state index in [1.165, 1.54) is 25.3 Å². The molecule has 2 amide bonds. The first kappa shape index (κ1) is 21.2. The minimum absolute atomic E-state index is 0.0388. The topological polar surface area (TPSA) is 58.6 Å². The van der Waals surface area contributed by atoms with Crippen molar-refractivity contribution in [3.8, 4) is 5.75 Å². The van der Waals surface area contributed by atoms with Crippen molar-refractivity contribution in [2.24, 2.45) is 0 Å². The summed E-state index contributed by atoms with van der Waals surface area (Å²) in [5.74, 6) is -0.827. The van der Waals surface area contributed by atoms with Gasteiger partial charge >= 0.3 is 6.18 Å². The van der Waals surface area contributed by atoms with Gasteiger partial charge in [-0.25, -0.2) is 4.90 Å². The van der Waals surface area contributed by atoms with Crippen LogP contribution in [0.2, 0.25) is 0 Å². The van der Waals surface area contributed by atoms with Crippen LogP contribution in [-0.2, 0) is 15.8 Å². The van der Waals surface area contributed by atoms with Gasteiger partial charge in [-0.3, -0.25) is 9.59 Å². The van der Waals surface area contributed by atoms with Gasteiger partial charge in [-0.05, 0) is 35.9 Å². The quantitative estimate of drug-likeness (QED) is 0.563. The maximum Gasteiger partial charge on any atom is 0.416 e. The summed E-state index contributed by atoms with van der Waals surface area (Å²) in [7, 11) is 1.46. The zero-order chi connectivity index (χ0) is 22.9. The number of benzene rings is 3. The number of nitrogens with one attached hydrogen (secondary N) is 1. The van der Waals surface area contributed by atoms with E-state index >= 15 is 0 Å². The van der Waals surface area contributed by atoms with Crippen LogP contribution in [0, 0.1) is 0 Å². The van der Waals surface area contributed by atoms with E-state index in [2.05, 4.69) is 5.32 Å². The van der Waals surface area contributed by atoms with E-state index in [-0.39, 0.29) is 22.6 Å². The van der Waals surface area contributed by atoms with Gasteiger partial charge in [-0.15, -0.1) is 0 Å². The molecule has 0 saturated heterocycles. The van der Waals surface area contributed by atoms with Gasteiger partial charge < -0.3 is 10.1 Å². The molecule has 0 unspecified atom stereocenters. The number of hydrogen-bond donors (Lipinski definition) is 1. The zero-order valence-corrected chi connectivity index (χ0v) is 16.8. The Labute approximate surface area is 181 Å². The van der Waals surface area contributed by atoms with Crippen LogP contribution in [0.1, 0.15) is 11.1 Å². The molecule has 0 fully saturated rings. The normalized spacial score (nSPS) is 14.2. The third kappa shape index (κ3) is 3.94. The highest BCUT2D eigenvalue weighted by Crippen LogP contribution is 2.36. The van der Waals surface area contributed by atoms with Gasteiger partial charge in [0, 0.05) is 11.8 Å². The van der Waals surface area contributed by atoms with Crippen LogP contribution in [-0.4, -0.2) is 18.9 Å². The summed E-state index contributed by atoms with van der Waals surface area (Å²) in [6.45, 7) is 0. The van der Waals surface area contributed by atoms with Crippen molar-refractivity contribution < 1.29 is 27.5 Å². The Morgan fingerprint density at radius 2 is 1.56 bits per heavy atom. The van der Waals surface area contributed by atoms with Gasteiger partial charge in [0.1, 0.15) is 11.4 Å². The average Bonchev–Trinajstić information content (AvgIpc) is 3.03. The van der Waals surface area contributed by atoms with Gasteiger partial charge in [0.15, 0.2) is 0 Å². The Morgan fingerprint density at radius 1 is 0.844 bits per heavy atom. The molecule has 1 heterocycles. The van der Waals surface area contributed by atoms with Gasteiger partial charge in [-0.1, -0.05) is 42.5 Å². The third-order valence-corrected chi connectivity index (χ3v) is 4.92. The summed E-state index contributed by atoms with van der Waals surface area (Å²) in [6, 6.07) is 19.3. The summed E-state index contributed by atoms with van der Waals surface area (Å²) in [5, 5.41) is 2.75. The number of anilines is 2. The fraction of sp³-hybridized carbons (Fsp3) is 0.0833. The number of ether oxygens (including phenoxy) is 1. The number of methoxy groups -OCH3 is 1. The SMILES string of the molecule is COc1cccc(N2C(=O)C(Nc3cccc(C(F)(F)F)c3)=C(c3ccccc3)C2=O)c1. The van der Waals surface area contributed by atoms with Crippen LogP contribution >= 0.6 is 0 Å². The van der Waals surface area contributed by atoms with Crippen molar-refractivity contribution in [2.45, 2.75) is 6.18 Å². The van der Waals surface area contributed by atoms with Crippen LogP contribution in [0.25, 0.3) is 5.57 Å². The van der Waals surface area contributed by atoms with E-state index < -0.39 is 23.6 Å². The van der Waals surface area contributed by atoms with Crippen molar-refractivity contribution >= 4 is 28.8 Å². The lowest BCUT2D eigenvalue weighted by molar-refractivity contribution is -0.137. The monoisotopic (exact) mass is 438 g/mol. The first-order chi connectivity index (χ1) is 15.3. The Balaban J connectivity index is 1.80. The van der Waals surface area contributed by atoms with Crippen molar-refractivity contribution in [3.05, 3.63) is 95.7 Å². The number of carbonyl (C=O) groups excluding carboxylic acids is 2. The summed E-state index contributed by atoms with van der Waals surface area (Å²) in [4.78, 5) is 27.6. The van der Waals surface area contributed by atoms with Gasteiger partial charge in [0.05, 0.1) is 23.9 Å². The molecule has 0 bridgehead atoms. The molecule has 0 aromatic heterocycles. The Bertz CT molecular complexity index is 1220. The molecule has 162 valence electrons. The molecule has 0 aliphatic carbocycles. The molecule has 8 heteroatoms. The fourth-order valence-electron chi connectivity index (χ4n) is 3.42. The van der Waals surface area contributed by atoms with Crippen LogP contribution in [0.3, 0.4) is 0 Å². The van der Waals surface area contributed by atoms with Crippen molar-refractivity contribution in [3.63, 3.8) is 0 Å². The van der Waals surface area contributed by atoms with Crippen LogP contribution in [0.4, 0.5) is 24.5 Å². The van der Waals surface area contributed by atoms with E-state index in [0.29, 0.717) is 11.3 Å². The fourth-order valence-corrected chi connectivity index (χ4v) is 3.42. The van der Waals surface area contributed by atoms with E-state index in [0.717, 1.165) is 17.0 Å². The lowest BCUT2D eigenvalue weighted by atomic mass is 10.0. The number of alkyl halides is 3. The highest BCUT2D eigenvalue weighted by atomic mass is 19.4. The van der Waals surface area contributed by atoms with Gasteiger partial charge in [0.2, 0.25) is 0 Å². The second-order valence-electron chi connectivity index (χ2n) is 6.97. The van der Waals surface area contributed by atoms with Crippen LogP contribution < -0.4 is 15.0 Å². The van der Waals surface area contributed by atoms with Crippen molar-refractivity contribution in [2.75, 3.05) is 17.3 Å². The smallest absolute Gasteiger partial charge is 0.416 e. The molecule has 1 aliphatic heterocycles. The lowest BCUT2D eigenvalue weighted by Gasteiger charge is -2.16. The predicted octanol–water partition coefficient (Wildman–Crippen LogP) is 5.11. The first-order valence-corrected chi connectivity index (χ1v) is 9.56. The van der Waals surface area contributed by atoms with Crippen molar-refractivity contribution in [1.29, 1.82) is 0 Å². The van der Waals surface area contributed by atoms with Gasteiger partial charge in [-0.2, -0.15) is 13.2 Å². The zero-order valence-electron chi connectivity index (χ0n) is 16.8. The number of hydrogen-bond acceptors (Lipinski definition) is 4. The number of carbonyl (C=O) groups is 2. The summed E-state index contributed by atoms with van der Waals surface area (Å²) in [6.07, 6.45) is -4.55. The third-order valence-electron chi connectivity index (χ3n) is 4.92. The van der Waals surface area contributed by atoms with Crippen LogP contribution in [0.15, 0.2) is 84.6 Å². The largest absolute Gasteiger partial charge is 0.497 e. The maximum atomic E-state index is 13.3. The summed E-state index contributed by atoms with van der Waals surface area (Å²) in [5.41, 5.74) is -0.124. The maximum absolute atomic E-state index is 13.3. The minimum Gasteiger partial charge on any atom is -0.497 e. The number of amides is 2. The molecule has 5 nitrogen and oxygen atoms in total. The molecular formula is C24H17F3N2O3. The highest BCUT2D eigenvalue weighted by Gasteiger charge is 2.40. The first-order valence-electron chi connectivity index (χ1n) is 9.56. The molecule has 1 N–H and O–H groups in total.